The van der Waals surface area contributed by atoms with Crippen molar-refractivity contribution in [2.75, 3.05) is 5.73 Å². The lowest BCUT2D eigenvalue weighted by Crippen LogP contribution is -2.04. The summed E-state index contributed by atoms with van der Waals surface area (Å²) in [5.74, 6) is 1.10. The van der Waals surface area contributed by atoms with Crippen molar-refractivity contribution in [1.82, 2.24) is 9.97 Å². The van der Waals surface area contributed by atoms with Crippen LogP contribution in [0.4, 0.5) is 5.82 Å². The molecule has 3 nitrogen and oxygen atoms in total. The Hall–Kier alpha value is -0.880. The molecule has 0 aliphatic carbocycles. The van der Waals surface area contributed by atoms with Crippen molar-refractivity contribution in [3.63, 3.8) is 0 Å². The van der Waals surface area contributed by atoms with Gasteiger partial charge in [0.05, 0.1) is 14.3 Å². The summed E-state index contributed by atoms with van der Waals surface area (Å²) in [6, 6.07) is 7.50. The molecule has 1 aromatic heterocycles. The van der Waals surface area contributed by atoms with E-state index >= 15 is 0 Å². The van der Waals surface area contributed by atoms with Gasteiger partial charge in [-0.2, -0.15) is 0 Å². The SMILES string of the molecule is CCc1nc(-c2ccccc2Cl)nc(N)c1I. The van der Waals surface area contributed by atoms with Gasteiger partial charge in [0.2, 0.25) is 0 Å². The van der Waals surface area contributed by atoms with Crippen LogP contribution in [0.5, 0.6) is 0 Å². The molecule has 0 spiro atoms. The molecule has 0 fully saturated rings. The predicted molar refractivity (Wildman–Crippen MR) is 79.0 cm³/mol. The van der Waals surface area contributed by atoms with E-state index in [2.05, 4.69) is 32.6 Å². The van der Waals surface area contributed by atoms with Crippen LogP contribution in [0.15, 0.2) is 24.3 Å². The maximum absolute atomic E-state index is 6.12. The zero-order valence-electron chi connectivity index (χ0n) is 9.24. The highest BCUT2D eigenvalue weighted by atomic mass is 127. The van der Waals surface area contributed by atoms with Gasteiger partial charge in [0.25, 0.3) is 0 Å². The van der Waals surface area contributed by atoms with Crippen LogP contribution < -0.4 is 5.73 Å². The summed E-state index contributed by atoms with van der Waals surface area (Å²) >= 11 is 8.29. The Labute approximate surface area is 119 Å². The zero-order chi connectivity index (χ0) is 12.4. The Morgan fingerprint density at radius 2 is 2.00 bits per heavy atom. The second kappa shape index (κ2) is 5.18. The molecule has 2 N–H and O–H groups in total. The Balaban J connectivity index is 2.61. The van der Waals surface area contributed by atoms with Crippen LogP contribution in [-0.4, -0.2) is 9.97 Å². The molecule has 0 atom stereocenters. The van der Waals surface area contributed by atoms with E-state index in [0.29, 0.717) is 16.7 Å². The van der Waals surface area contributed by atoms with E-state index in [1.807, 2.05) is 31.2 Å². The standard InChI is InChI=1S/C12H11ClIN3/c1-2-9-10(14)11(15)17-12(16-9)7-5-3-4-6-8(7)13/h3-6H,2H2,1H3,(H2,15,16,17). The molecule has 2 rings (SSSR count). The molecule has 1 aromatic carbocycles. The molecule has 0 saturated carbocycles. The molecular formula is C12H11ClIN3. The summed E-state index contributed by atoms with van der Waals surface area (Å²) < 4.78 is 0.918. The van der Waals surface area contributed by atoms with Gasteiger partial charge in [0.15, 0.2) is 5.82 Å². The third-order valence-corrected chi connectivity index (χ3v) is 3.90. The van der Waals surface area contributed by atoms with Gasteiger partial charge in [-0.25, -0.2) is 9.97 Å². The van der Waals surface area contributed by atoms with E-state index < -0.39 is 0 Å². The number of benzene rings is 1. The Morgan fingerprint density at radius 3 is 2.65 bits per heavy atom. The predicted octanol–water partition coefficient (Wildman–Crippen LogP) is 3.55. The van der Waals surface area contributed by atoms with Crippen molar-refractivity contribution in [3.05, 3.63) is 38.6 Å². The van der Waals surface area contributed by atoms with Crippen molar-refractivity contribution in [2.24, 2.45) is 0 Å². The first-order valence-electron chi connectivity index (χ1n) is 5.20. The van der Waals surface area contributed by atoms with E-state index in [0.717, 1.165) is 21.2 Å². The van der Waals surface area contributed by atoms with Gasteiger partial charge in [-0.15, -0.1) is 0 Å². The minimum atomic E-state index is 0.507. The number of halogens is 2. The first kappa shape index (κ1) is 12.6. The molecule has 0 aliphatic heterocycles. The first-order chi connectivity index (χ1) is 8.13. The number of aromatic nitrogens is 2. The van der Waals surface area contributed by atoms with Gasteiger partial charge in [-0.05, 0) is 41.1 Å². The van der Waals surface area contributed by atoms with Crippen LogP contribution in [0.1, 0.15) is 12.6 Å². The topological polar surface area (TPSA) is 51.8 Å². The zero-order valence-corrected chi connectivity index (χ0v) is 12.2. The molecule has 2 aromatic rings. The number of aryl methyl sites for hydroxylation is 1. The second-order valence-corrected chi connectivity index (χ2v) is 5.01. The number of hydrogen-bond acceptors (Lipinski definition) is 3. The molecular weight excluding hydrogens is 349 g/mol. The number of anilines is 1. The Morgan fingerprint density at radius 1 is 1.29 bits per heavy atom. The van der Waals surface area contributed by atoms with Crippen LogP contribution >= 0.6 is 34.2 Å². The van der Waals surface area contributed by atoms with Crippen LogP contribution in [0, 0.1) is 3.57 Å². The van der Waals surface area contributed by atoms with Crippen LogP contribution in [0.25, 0.3) is 11.4 Å². The van der Waals surface area contributed by atoms with Gasteiger partial charge >= 0.3 is 0 Å². The molecule has 5 heteroatoms. The fraction of sp³-hybridized carbons (Fsp3) is 0.167. The van der Waals surface area contributed by atoms with E-state index in [1.165, 1.54) is 0 Å². The molecule has 88 valence electrons. The average Bonchev–Trinajstić information content (AvgIpc) is 2.33. The van der Waals surface area contributed by atoms with Crippen LogP contribution in [-0.2, 0) is 6.42 Å². The van der Waals surface area contributed by atoms with Crippen LogP contribution in [0.3, 0.4) is 0 Å². The number of hydrogen-bond donors (Lipinski definition) is 1. The lowest BCUT2D eigenvalue weighted by atomic mass is 10.2. The Kier molecular flexibility index (Phi) is 3.83. The quantitative estimate of drug-likeness (QED) is 0.834. The lowest BCUT2D eigenvalue weighted by molar-refractivity contribution is 0.994. The highest BCUT2D eigenvalue weighted by molar-refractivity contribution is 14.1. The fourth-order valence-corrected chi connectivity index (χ4v) is 2.35. The highest BCUT2D eigenvalue weighted by Gasteiger charge is 2.11. The molecule has 1 heterocycles. The van der Waals surface area contributed by atoms with E-state index in [9.17, 15) is 0 Å². The Bertz CT molecular complexity index is 557. The van der Waals surface area contributed by atoms with Crippen molar-refractivity contribution in [1.29, 1.82) is 0 Å². The maximum atomic E-state index is 6.12. The summed E-state index contributed by atoms with van der Waals surface area (Å²) in [5.41, 5.74) is 7.65. The van der Waals surface area contributed by atoms with Gasteiger partial charge < -0.3 is 5.73 Å². The number of nitrogen functional groups attached to an aromatic ring is 1. The minimum absolute atomic E-state index is 0.507. The molecule has 0 bridgehead atoms. The van der Waals surface area contributed by atoms with E-state index in [1.54, 1.807) is 0 Å². The summed E-state index contributed by atoms with van der Waals surface area (Å²) in [5, 5.41) is 0.634. The number of nitrogens with two attached hydrogens (primary N) is 1. The van der Waals surface area contributed by atoms with Gasteiger partial charge in [-0.3, -0.25) is 0 Å². The van der Waals surface area contributed by atoms with Gasteiger partial charge in [0.1, 0.15) is 5.82 Å². The van der Waals surface area contributed by atoms with Crippen molar-refractivity contribution < 1.29 is 0 Å². The molecule has 0 radical (unpaired) electrons. The maximum Gasteiger partial charge on any atom is 0.163 e. The van der Waals surface area contributed by atoms with Crippen molar-refractivity contribution >= 4 is 40.0 Å². The molecule has 0 amide bonds. The second-order valence-electron chi connectivity index (χ2n) is 3.53. The van der Waals surface area contributed by atoms with Gasteiger partial charge in [0, 0.05) is 5.56 Å². The molecule has 17 heavy (non-hydrogen) atoms. The largest absolute Gasteiger partial charge is 0.383 e. The molecule has 0 saturated heterocycles. The summed E-state index contributed by atoms with van der Waals surface area (Å²) in [4.78, 5) is 8.79. The summed E-state index contributed by atoms with van der Waals surface area (Å²) in [6.07, 6.45) is 0.822. The van der Waals surface area contributed by atoms with E-state index in [-0.39, 0.29) is 0 Å². The smallest absolute Gasteiger partial charge is 0.163 e. The highest BCUT2D eigenvalue weighted by Crippen LogP contribution is 2.27. The summed E-state index contributed by atoms with van der Waals surface area (Å²) in [7, 11) is 0. The van der Waals surface area contributed by atoms with Crippen molar-refractivity contribution in [2.45, 2.75) is 13.3 Å². The van der Waals surface area contributed by atoms with Crippen molar-refractivity contribution in [3.8, 4) is 11.4 Å². The lowest BCUT2D eigenvalue weighted by Gasteiger charge is -2.08. The minimum Gasteiger partial charge on any atom is -0.383 e. The fourth-order valence-electron chi connectivity index (χ4n) is 1.51. The molecule has 0 aliphatic rings. The van der Waals surface area contributed by atoms with E-state index in [4.69, 9.17) is 17.3 Å². The normalized spacial score (nSPS) is 10.5. The first-order valence-corrected chi connectivity index (χ1v) is 6.66. The number of rotatable bonds is 2. The third-order valence-electron chi connectivity index (χ3n) is 2.40. The van der Waals surface area contributed by atoms with Crippen LogP contribution in [0.2, 0.25) is 5.02 Å². The monoisotopic (exact) mass is 359 g/mol. The average molecular weight is 360 g/mol. The van der Waals surface area contributed by atoms with Gasteiger partial charge in [-0.1, -0.05) is 30.7 Å². The summed E-state index contributed by atoms with van der Waals surface area (Å²) in [6.45, 7) is 2.04. The molecule has 0 unspecified atom stereocenters. The number of nitrogens with zero attached hydrogens (tertiary/aromatic N) is 2. The third kappa shape index (κ3) is 2.52.